The van der Waals surface area contributed by atoms with Crippen LogP contribution in [0.15, 0.2) is 53.5 Å². The molecule has 0 fully saturated rings. The minimum atomic E-state index is 0.433. The fraction of sp³-hybridized carbons (Fsp3) is 0.409. The highest BCUT2D eigenvalue weighted by Crippen LogP contribution is 2.20. The van der Waals surface area contributed by atoms with Gasteiger partial charge in [-0.1, -0.05) is 42.5 Å². The van der Waals surface area contributed by atoms with E-state index in [1.165, 1.54) is 11.1 Å². The zero-order valence-electron chi connectivity index (χ0n) is 16.5. The highest BCUT2D eigenvalue weighted by Gasteiger charge is 2.20. The summed E-state index contributed by atoms with van der Waals surface area (Å²) in [5, 5.41) is 6.83. The second-order valence-electron chi connectivity index (χ2n) is 6.96. The molecule has 0 radical (unpaired) electrons. The molecule has 1 heterocycles. The smallest absolute Gasteiger partial charge is 0.191 e. The lowest BCUT2D eigenvalue weighted by Gasteiger charge is -2.34. The van der Waals surface area contributed by atoms with Gasteiger partial charge in [0.25, 0.3) is 0 Å². The maximum atomic E-state index is 5.41. The molecule has 5 heteroatoms. The third-order valence-corrected chi connectivity index (χ3v) is 5.21. The minimum absolute atomic E-state index is 0.433. The van der Waals surface area contributed by atoms with Crippen LogP contribution in [0.4, 0.5) is 0 Å². The van der Waals surface area contributed by atoms with Gasteiger partial charge in [-0.25, -0.2) is 0 Å². The van der Waals surface area contributed by atoms with Crippen molar-refractivity contribution in [3.05, 3.63) is 65.2 Å². The van der Waals surface area contributed by atoms with Crippen LogP contribution >= 0.6 is 0 Å². The second kappa shape index (κ2) is 9.42. The largest absolute Gasteiger partial charge is 0.496 e. The predicted molar refractivity (Wildman–Crippen MR) is 111 cm³/mol. The molecular weight excluding hydrogens is 336 g/mol. The van der Waals surface area contributed by atoms with Crippen LogP contribution in [0.2, 0.25) is 0 Å². The van der Waals surface area contributed by atoms with Gasteiger partial charge in [0.05, 0.1) is 7.11 Å². The quantitative estimate of drug-likeness (QED) is 0.610. The fourth-order valence-electron chi connectivity index (χ4n) is 3.52. The topological polar surface area (TPSA) is 48.9 Å². The van der Waals surface area contributed by atoms with Gasteiger partial charge in [-0.15, -0.1) is 0 Å². The number of rotatable bonds is 6. The van der Waals surface area contributed by atoms with Crippen LogP contribution < -0.4 is 15.4 Å². The molecule has 2 N–H and O–H groups in total. The normalized spacial score (nSPS) is 15.7. The molecule has 0 saturated carbocycles. The van der Waals surface area contributed by atoms with Gasteiger partial charge in [0, 0.05) is 44.8 Å². The number of hydrogen-bond donors (Lipinski definition) is 2. The lowest BCUT2D eigenvalue weighted by Crippen LogP contribution is -2.47. The van der Waals surface area contributed by atoms with E-state index in [9.17, 15) is 0 Å². The molecule has 1 aliphatic rings. The van der Waals surface area contributed by atoms with Crippen molar-refractivity contribution < 1.29 is 4.74 Å². The monoisotopic (exact) mass is 366 g/mol. The number of hydrogen-bond acceptors (Lipinski definition) is 3. The third-order valence-electron chi connectivity index (χ3n) is 5.21. The first-order valence-electron chi connectivity index (χ1n) is 9.58. The predicted octanol–water partition coefficient (Wildman–Crippen LogP) is 2.81. The maximum Gasteiger partial charge on any atom is 0.191 e. The lowest BCUT2D eigenvalue weighted by molar-refractivity contribution is 0.191. The van der Waals surface area contributed by atoms with Crippen molar-refractivity contribution in [2.45, 2.75) is 32.5 Å². The molecule has 0 saturated heterocycles. The van der Waals surface area contributed by atoms with E-state index in [-0.39, 0.29) is 0 Å². The number of nitrogens with zero attached hydrogens (tertiary/aromatic N) is 2. The molecule has 0 amide bonds. The van der Waals surface area contributed by atoms with E-state index in [1.807, 2.05) is 18.2 Å². The minimum Gasteiger partial charge on any atom is -0.496 e. The van der Waals surface area contributed by atoms with Crippen molar-refractivity contribution in [2.24, 2.45) is 4.99 Å². The Bertz CT molecular complexity index is 774. The number of aliphatic imine (C=N–C) groups is 1. The molecule has 2 aromatic carbocycles. The van der Waals surface area contributed by atoms with Gasteiger partial charge in [0.15, 0.2) is 5.96 Å². The Hall–Kier alpha value is -2.53. The standard InChI is InChI=1S/C22H30N4O/c1-17(26-13-12-18-8-4-5-10-20(18)16-26)14-24-22(23-2)25-15-19-9-6-7-11-21(19)27-3/h4-11,17H,12-16H2,1-3H3,(H2,23,24,25). The summed E-state index contributed by atoms with van der Waals surface area (Å²) in [5.74, 6) is 1.70. The SMILES string of the molecule is CN=C(NCc1ccccc1OC)NCC(C)N1CCc2ccccc2C1. The van der Waals surface area contributed by atoms with E-state index in [1.54, 1.807) is 14.2 Å². The Morgan fingerprint density at radius 1 is 1.11 bits per heavy atom. The van der Waals surface area contributed by atoms with Gasteiger partial charge >= 0.3 is 0 Å². The Kier molecular flexibility index (Phi) is 6.71. The summed E-state index contributed by atoms with van der Waals surface area (Å²) < 4.78 is 5.41. The fourth-order valence-corrected chi connectivity index (χ4v) is 3.52. The average molecular weight is 367 g/mol. The molecule has 1 unspecified atom stereocenters. The van der Waals surface area contributed by atoms with Crippen molar-refractivity contribution >= 4 is 5.96 Å². The number of ether oxygens (including phenoxy) is 1. The summed E-state index contributed by atoms with van der Waals surface area (Å²) in [7, 11) is 3.50. The van der Waals surface area contributed by atoms with Crippen molar-refractivity contribution in [3.63, 3.8) is 0 Å². The Morgan fingerprint density at radius 2 is 1.85 bits per heavy atom. The van der Waals surface area contributed by atoms with Gasteiger partial charge < -0.3 is 15.4 Å². The van der Waals surface area contributed by atoms with Gasteiger partial charge in [-0.05, 0) is 30.5 Å². The average Bonchev–Trinajstić information content (AvgIpc) is 2.73. The highest BCUT2D eigenvalue weighted by molar-refractivity contribution is 5.79. The van der Waals surface area contributed by atoms with E-state index in [0.29, 0.717) is 12.6 Å². The first-order valence-corrected chi connectivity index (χ1v) is 9.58. The summed E-state index contributed by atoms with van der Waals surface area (Å²) in [4.78, 5) is 6.88. The molecule has 0 aliphatic carbocycles. The van der Waals surface area contributed by atoms with Crippen molar-refractivity contribution in [1.82, 2.24) is 15.5 Å². The number of methoxy groups -OCH3 is 1. The Labute approximate surface area is 162 Å². The van der Waals surface area contributed by atoms with Crippen LogP contribution in [0, 0.1) is 0 Å². The number of nitrogens with one attached hydrogen (secondary N) is 2. The van der Waals surface area contributed by atoms with Gasteiger partial charge in [0.1, 0.15) is 5.75 Å². The lowest BCUT2D eigenvalue weighted by atomic mass is 9.99. The van der Waals surface area contributed by atoms with E-state index in [0.717, 1.165) is 43.3 Å². The first-order chi connectivity index (χ1) is 13.2. The maximum absolute atomic E-state index is 5.41. The molecule has 0 aromatic heterocycles. The molecule has 0 bridgehead atoms. The Balaban J connectivity index is 1.49. The summed E-state index contributed by atoms with van der Waals surface area (Å²) in [6.45, 7) is 5.93. The highest BCUT2D eigenvalue weighted by atomic mass is 16.5. The second-order valence-corrected chi connectivity index (χ2v) is 6.96. The number of guanidine groups is 1. The molecule has 27 heavy (non-hydrogen) atoms. The van der Waals surface area contributed by atoms with Crippen LogP contribution in [0.1, 0.15) is 23.6 Å². The van der Waals surface area contributed by atoms with E-state index in [4.69, 9.17) is 4.74 Å². The van der Waals surface area contributed by atoms with Gasteiger partial charge in [-0.2, -0.15) is 0 Å². The zero-order valence-corrected chi connectivity index (χ0v) is 16.5. The molecule has 0 spiro atoms. The first kappa shape index (κ1) is 19.2. The Morgan fingerprint density at radius 3 is 2.63 bits per heavy atom. The van der Waals surface area contributed by atoms with E-state index in [2.05, 4.69) is 57.8 Å². The number of para-hydroxylation sites is 1. The van der Waals surface area contributed by atoms with E-state index < -0.39 is 0 Å². The molecule has 3 rings (SSSR count). The van der Waals surface area contributed by atoms with Crippen LogP contribution in [-0.4, -0.2) is 44.1 Å². The third kappa shape index (κ3) is 5.01. The molecule has 144 valence electrons. The molecule has 1 aliphatic heterocycles. The number of fused-ring (bicyclic) bond motifs is 1. The van der Waals surface area contributed by atoms with Crippen LogP contribution in [0.5, 0.6) is 5.75 Å². The summed E-state index contributed by atoms with van der Waals surface area (Å²) in [5.41, 5.74) is 4.06. The summed E-state index contributed by atoms with van der Waals surface area (Å²) in [6, 6.07) is 17.2. The van der Waals surface area contributed by atoms with Crippen molar-refractivity contribution in [1.29, 1.82) is 0 Å². The van der Waals surface area contributed by atoms with Crippen molar-refractivity contribution in [3.8, 4) is 5.75 Å². The van der Waals surface area contributed by atoms with Gasteiger partial charge in [-0.3, -0.25) is 9.89 Å². The van der Waals surface area contributed by atoms with Gasteiger partial charge in [0.2, 0.25) is 0 Å². The molecule has 5 nitrogen and oxygen atoms in total. The molecule has 2 aromatic rings. The van der Waals surface area contributed by atoms with Crippen molar-refractivity contribution in [2.75, 3.05) is 27.2 Å². The molecular formula is C22H30N4O. The summed E-state index contributed by atoms with van der Waals surface area (Å²) in [6.07, 6.45) is 1.13. The van der Waals surface area contributed by atoms with Crippen LogP contribution in [0.25, 0.3) is 0 Å². The van der Waals surface area contributed by atoms with Crippen LogP contribution in [-0.2, 0) is 19.5 Å². The summed E-state index contributed by atoms with van der Waals surface area (Å²) >= 11 is 0. The molecule has 1 atom stereocenters. The van der Waals surface area contributed by atoms with Crippen LogP contribution in [0.3, 0.4) is 0 Å². The number of benzene rings is 2. The zero-order chi connectivity index (χ0) is 19.1. The van der Waals surface area contributed by atoms with E-state index >= 15 is 0 Å².